The molecule has 2 rings (SSSR count). The van der Waals surface area contributed by atoms with Gasteiger partial charge < -0.3 is 10.5 Å². The summed E-state index contributed by atoms with van der Waals surface area (Å²) in [5.41, 5.74) is 6.01. The zero-order chi connectivity index (χ0) is 13.2. The minimum absolute atomic E-state index is 0.00799. The molecule has 1 saturated carbocycles. The number of benzene rings is 1. The highest BCUT2D eigenvalue weighted by Crippen LogP contribution is 2.28. The van der Waals surface area contributed by atoms with Crippen molar-refractivity contribution in [3.05, 3.63) is 24.3 Å². The Balaban J connectivity index is 2.24. The summed E-state index contributed by atoms with van der Waals surface area (Å²) in [6.45, 7) is 0. The summed E-state index contributed by atoms with van der Waals surface area (Å²) in [7, 11) is -3.27. The third-order valence-corrected chi connectivity index (χ3v) is 4.42. The first kappa shape index (κ1) is 13.4. The highest BCUT2D eigenvalue weighted by atomic mass is 32.2. The molecule has 0 radical (unpaired) electrons. The van der Waals surface area contributed by atoms with Gasteiger partial charge in [-0.15, -0.1) is 0 Å². The summed E-state index contributed by atoms with van der Waals surface area (Å²) in [5, 5.41) is 0. The van der Waals surface area contributed by atoms with Crippen LogP contribution < -0.4 is 10.5 Å². The first-order valence-corrected chi connectivity index (χ1v) is 8.09. The molecule has 0 aliphatic heterocycles. The molecule has 0 heterocycles. The van der Waals surface area contributed by atoms with Crippen LogP contribution in [0, 0.1) is 0 Å². The monoisotopic (exact) mass is 269 g/mol. The van der Waals surface area contributed by atoms with Crippen LogP contribution in [-0.4, -0.2) is 26.8 Å². The van der Waals surface area contributed by atoms with Crippen LogP contribution in [0.4, 0.5) is 0 Å². The lowest BCUT2D eigenvalue weighted by molar-refractivity contribution is 0.129. The van der Waals surface area contributed by atoms with Crippen molar-refractivity contribution in [2.75, 3.05) is 6.26 Å². The molecule has 1 aromatic rings. The number of para-hydroxylation sites is 1. The van der Waals surface area contributed by atoms with Crippen molar-refractivity contribution in [1.29, 1.82) is 0 Å². The standard InChI is InChI=1S/C13H19NO3S/c1-18(15,16)13-9-5-4-8-12(13)17-11-7-3-2-6-10(11)14/h4-5,8-11H,2-3,6-7,14H2,1H3. The van der Waals surface area contributed by atoms with Crippen molar-refractivity contribution in [3.8, 4) is 5.75 Å². The number of hydrogen-bond acceptors (Lipinski definition) is 4. The van der Waals surface area contributed by atoms with E-state index in [1.807, 2.05) is 0 Å². The largest absolute Gasteiger partial charge is 0.487 e. The predicted octanol–water partition coefficient (Wildman–Crippen LogP) is 1.74. The molecule has 100 valence electrons. The minimum Gasteiger partial charge on any atom is -0.487 e. The number of rotatable bonds is 3. The van der Waals surface area contributed by atoms with Gasteiger partial charge in [0.1, 0.15) is 16.7 Å². The second kappa shape index (κ2) is 5.28. The molecule has 2 N–H and O–H groups in total. The second-order valence-corrected chi connectivity index (χ2v) is 6.81. The molecule has 1 aliphatic carbocycles. The molecule has 0 saturated heterocycles. The van der Waals surface area contributed by atoms with Crippen LogP contribution >= 0.6 is 0 Å². The van der Waals surface area contributed by atoms with E-state index in [0.717, 1.165) is 25.7 Å². The van der Waals surface area contributed by atoms with E-state index < -0.39 is 9.84 Å². The second-order valence-electron chi connectivity index (χ2n) is 4.82. The van der Waals surface area contributed by atoms with Gasteiger partial charge in [-0.2, -0.15) is 0 Å². The third kappa shape index (κ3) is 3.03. The Morgan fingerprint density at radius 3 is 2.56 bits per heavy atom. The first-order valence-electron chi connectivity index (χ1n) is 6.20. The van der Waals surface area contributed by atoms with Gasteiger partial charge in [0.05, 0.1) is 0 Å². The number of sulfone groups is 1. The Labute approximate surface area is 108 Å². The molecule has 18 heavy (non-hydrogen) atoms. The fraction of sp³-hybridized carbons (Fsp3) is 0.538. The van der Waals surface area contributed by atoms with E-state index in [2.05, 4.69) is 0 Å². The highest BCUT2D eigenvalue weighted by molar-refractivity contribution is 7.90. The van der Waals surface area contributed by atoms with Gasteiger partial charge in [0.2, 0.25) is 0 Å². The van der Waals surface area contributed by atoms with Crippen LogP contribution in [0.15, 0.2) is 29.2 Å². The van der Waals surface area contributed by atoms with Crippen molar-refractivity contribution in [2.45, 2.75) is 42.7 Å². The normalized spacial score (nSPS) is 24.8. The summed E-state index contributed by atoms with van der Waals surface area (Å²) >= 11 is 0. The lowest BCUT2D eigenvalue weighted by Crippen LogP contribution is -2.41. The molecule has 2 unspecified atom stereocenters. The smallest absolute Gasteiger partial charge is 0.179 e. The average Bonchev–Trinajstić information content (AvgIpc) is 2.31. The van der Waals surface area contributed by atoms with Crippen LogP contribution in [0.25, 0.3) is 0 Å². The third-order valence-electron chi connectivity index (χ3n) is 3.28. The van der Waals surface area contributed by atoms with E-state index in [9.17, 15) is 8.42 Å². The average molecular weight is 269 g/mol. The van der Waals surface area contributed by atoms with Gasteiger partial charge >= 0.3 is 0 Å². The van der Waals surface area contributed by atoms with Crippen LogP contribution in [0.3, 0.4) is 0 Å². The van der Waals surface area contributed by atoms with Crippen LogP contribution in [0.1, 0.15) is 25.7 Å². The summed E-state index contributed by atoms with van der Waals surface area (Å²) in [6, 6.07) is 6.73. The van der Waals surface area contributed by atoms with Crippen molar-refractivity contribution in [3.63, 3.8) is 0 Å². The number of ether oxygens (including phenoxy) is 1. The van der Waals surface area contributed by atoms with E-state index in [-0.39, 0.29) is 17.0 Å². The summed E-state index contributed by atoms with van der Waals surface area (Å²) in [6.07, 6.45) is 5.14. The maximum Gasteiger partial charge on any atom is 0.179 e. The molecule has 0 amide bonds. The Kier molecular flexibility index (Phi) is 3.92. The quantitative estimate of drug-likeness (QED) is 0.907. The lowest BCUT2D eigenvalue weighted by atomic mass is 9.93. The fourth-order valence-corrected chi connectivity index (χ4v) is 3.10. The maximum absolute atomic E-state index is 11.7. The van der Waals surface area contributed by atoms with E-state index in [4.69, 9.17) is 10.5 Å². The van der Waals surface area contributed by atoms with Gasteiger partial charge in [-0.1, -0.05) is 18.6 Å². The van der Waals surface area contributed by atoms with Crippen LogP contribution in [0.2, 0.25) is 0 Å². The van der Waals surface area contributed by atoms with Gasteiger partial charge in [0.25, 0.3) is 0 Å². The summed E-state index contributed by atoms with van der Waals surface area (Å²) in [4.78, 5) is 0.239. The van der Waals surface area contributed by atoms with Crippen molar-refractivity contribution >= 4 is 9.84 Å². The molecular weight excluding hydrogens is 250 g/mol. The van der Waals surface area contributed by atoms with Gasteiger partial charge in [-0.3, -0.25) is 0 Å². The van der Waals surface area contributed by atoms with Crippen molar-refractivity contribution in [1.82, 2.24) is 0 Å². The zero-order valence-electron chi connectivity index (χ0n) is 10.5. The number of nitrogens with two attached hydrogens (primary N) is 1. The van der Waals surface area contributed by atoms with Crippen LogP contribution in [-0.2, 0) is 9.84 Å². The van der Waals surface area contributed by atoms with E-state index in [1.165, 1.54) is 6.26 Å². The molecule has 1 aromatic carbocycles. The van der Waals surface area contributed by atoms with Gasteiger partial charge in [-0.05, 0) is 31.4 Å². The maximum atomic E-state index is 11.7. The summed E-state index contributed by atoms with van der Waals surface area (Å²) in [5.74, 6) is 0.419. The van der Waals surface area contributed by atoms with Gasteiger partial charge in [0, 0.05) is 12.3 Å². The molecule has 4 nitrogen and oxygen atoms in total. The van der Waals surface area contributed by atoms with Gasteiger partial charge in [-0.25, -0.2) is 8.42 Å². The van der Waals surface area contributed by atoms with E-state index in [1.54, 1.807) is 24.3 Å². The van der Waals surface area contributed by atoms with E-state index in [0.29, 0.717) is 5.75 Å². The molecule has 0 aromatic heterocycles. The highest BCUT2D eigenvalue weighted by Gasteiger charge is 2.25. The molecule has 0 bridgehead atoms. The first-order chi connectivity index (χ1) is 8.48. The van der Waals surface area contributed by atoms with E-state index >= 15 is 0 Å². The van der Waals surface area contributed by atoms with Crippen LogP contribution in [0.5, 0.6) is 5.75 Å². The Morgan fingerprint density at radius 1 is 1.22 bits per heavy atom. The molecular formula is C13H19NO3S. The molecule has 2 atom stereocenters. The van der Waals surface area contributed by atoms with Crippen molar-refractivity contribution in [2.24, 2.45) is 5.73 Å². The molecule has 1 aliphatic rings. The SMILES string of the molecule is CS(=O)(=O)c1ccccc1OC1CCCCC1N. The Hall–Kier alpha value is -1.07. The van der Waals surface area contributed by atoms with Gasteiger partial charge in [0.15, 0.2) is 9.84 Å². The summed E-state index contributed by atoms with van der Waals surface area (Å²) < 4.78 is 29.2. The lowest BCUT2D eigenvalue weighted by Gasteiger charge is -2.29. The number of hydrogen-bond donors (Lipinski definition) is 1. The van der Waals surface area contributed by atoms with Crippen molar-refractivity contribution < 1.29 is 13.2 Å². The zero-order valence-corrected chi connectivity index (χ0v) is 11.3. The Morgan fingerprint density at radius 2 is 1.89 bits per heavy atom. The molecule has 1 fully saturated rings. The Bertz CT molecular complexity index is 513. The minimum atomic E-state index is -3.27. The molecule has 5 heteroatoms. The topological polar surface area (TPSA) is 69.4 Å². The molecule has 0 spiro atoms. The predicted molar refractivity (Wildman–Crippen MR) is 70.4 cm³/mol. The fourth-order valence-electron chi connectivity index (χ4n) is 2.29.